The lowest BCUT2D eigenvalue weighted by Gasteiger charge is -2.36. The molecule has 10 heteroatoms. The lowest BCUT2D eigenvalue weighted by Crippen LogP contribution is -2.60. The number of rotatable bonds is 4. The molecule has 3 amide bonds. The van der Waals surface area contributed by atoms with Crippen molar-refractivity contribution >= 4 is 27.9 Å². The van der Waals surface area contributed by atoms with E-state index in [9.17, 15) is 22.8 Å². The van der Waals surface area contributed by atoms with E-state index in [0.717, 1.165) is 4.31 Å². The van der Waals surface area contributed by atoms with Gasteiger partial charge in [0.25, 0.3) is 5.91 Å². The van der Waals surface area contributed by atoms with E-state index in [-0.39, 0.29) is 19.7 Å². The molecule has 2 saturated heterocycles. The zero-order chi connectivity index (χ0) is 15.7. The predicted octanol–water partition coefficient (Wildman–Crippen LogP) is -1.45. The van der Waals surface area contributed by atoms with Gasteiger partial charge in [-0.25, -0.2) is 13.2 Å². The standard InChI is InChI=1S/C11H17N3O6S/c1-2-20-8(15)6-21(18,19)14-5-3-4-11(7-14)9(16)12-10(17)13-11/h2-7H2,1H3,(H2,12,13,16,17). The van der Waals surface area contributed by atoms with E-state index in [1.165, 1.54) is 0 Å². The summed E-state index contributed by atoms with van der Waals surface area (Å²) in [5.74, 6) is -2.15. The summed E-state index contributed by atoms with van der Waals surface area (Å²) in [5.41, 5.74) is -1.24. The normalized spacial score (nSPS) is 26.5. The van der Waals surface area contributed by atoms with Crippen molar-refractivity contribution in [3.05, 3.63) is 0 Å². The first-order chi connectivity index (χ1) is 9.79. The summed E-state index contributed by atoms with van der Waals surface area (Å²) in [5, 5.41) is 4.59. The van der Waals surface area contributed by atoms with E-state index in [0.29, 0.717) is 12.8 Å². The summed E-state index contributed by atoms with van der Waals surface area (Å²) < 4.78 is 30.0. The van der Waals surface area contributed by atoms with E-state index in [4.69, 9.17) is 0 Å². The van der Waals surface area contributed by atoms with Crippen molar-refractivity contribution in [3.63, 3.8) is 0 Å². The molecule has 0 radical (unpaired) electrons. The molecule has 1 unspecified atom stereocenters. The van der Waals surface area contributed by atoms with Crippen molar-refractivity contribution in [2.75, 3.05) is 25.4 Å². The Kier molecular flexibility index (Phi) is 4.19. The molecule has 2 rings (SSSR count). The van der Waals surface area contributed by atoms with Crippen molar-refractivity contribution in [1.29, 1.82) is 0 Å². The largest absolute Gasteiger partial charge is 0.465 e. The number of carbonyl (C=O) groups is 3. The Hall–Kier alpha value is -1.68. The van der Waals surface area contributed by atoms with Gasteiger partial charge in [0.05, 0.1) is 6.61 Å². The van der Waals surface area contributed by atoms with Gasteiger partial charge in [-0.2, -0.15) is 4.31 Å². The number of ether oxygens (including phenoxy) is 1. The van der Waals surface area contributed by atoms with Crippen LogP contribution in [0.15, 0.2) is 0 Å². The van der Waals surface area contributed by atoms with Crippen LogP contribution in [-0.4, -0.2) is 61.6 Å². The van der Waals surface area contributed by atoms with Crippen molar-refractivity contribution in [2.24, 2.45) is 0 Å². The minimum absolute atomic E-state index is 0.0940. The third kappa shape index (κ3) is 3.16. The van der Waals surface area contributed by atoms with E-state index >= 15 is 0 Å². The Balaban J connectivity index is 2.12. The lowest BCUT2D eigenvalue weighted by molar-refractivity contribution is -0.140. The van der Waals surface area contributed by atoms with Gasteiger partial charge >= 0.3 is 12.0 Å². The number of amides is 3. The second kappa shape index (κ2) is 5.60. The molecule has 21 heavy (non-hydrogen) atoms. The number of piperidine rings is 1. The number of hydrogen-bond acceptors (Lipinski definition) is 6. The quantitative estimate of drug-likeness (QED) is 0.483. The van der Waals surface area contributed by atoms with E-state index in [1.807, 2.05) is 0 Å². The van der Waals surface area contributed by atoms with Crippen LogP contribution in [0.5, 0.6) is 0 Å². The molecular weight excluding hydrogens is 302 g/mol. The monoisotopic (exact) mass is 319 g/mol. The van der Waals surface area contributed by atoms with Crippen molar-refractivity contribution < 1.29 is 27.5 Å². The van der Waals surface area contributed by atoms with Gasteiger partial charge in [-0.05, 0) is 19.8 Å². The zero-order valence-electron chi connectivity index (χ0n) is 11.5. The molecule has 0 aliphatic carbocycles. The maximum atomic E-state index is 12.2. The van der Waals surface area contributed by atoms with Gasteiger partial charge < -0.3 is 10.1 Å². The number of esters is 1. The number of urea groups is 1. The topological polar surface area (TPSA) is 122 Å². The number of carbonyl (C=O) groups excluding carboxylic acids is 3. The maximum absolute atomic E-state index is 12.2. The zero-order valence-corrected chi connectivity index (χ0v) is 12.4. The first kappa shape index (κ1) is 15.7. The molecular formula is C11H17N3O6S. The number of imide groups is 1. The average molecular weight is 319 g/mol. The lowest BCUT2D eigenvalue weighted by atomic mass is 9.90. The average Bonchev–Trinajstić information content (AvgIpc) is 2.63. The van der Waals surface area contributed by atoms with Gasteiger partial charge in [-0.1, -0.05) is 0 Å². The van der Waals surface area contributed by atoms with Crippen molar-refractivity contribution in [1.82, 2.24) is 14.9 Å². The summed E-state index contributed by atoms with van der Waals surface area (Å²) >= 11 is 0. The minimum Gasteiger partial charge on any atom is -0.465 e. The van der Waals surface area contributed by atoms with E-state index in [1.54, 1.807) is 6.92 Å². The summed E-state index contributed by atoms with van der Waals surface area (Å²) in [4.78, 5) is 34.5. The van der Waals surface area contributed by atoms with Crippen LogP contribution in [0, 0.1) is 0 Å². The molecule has 0 bridgehead atoms. The summed E-state index contributed by atoms with van der Waals surface area (Å²) in [6.45, 7) is 1.70. The third-order valence-corrected chi connectivity index (χ3v) is 5.17. The van der Waals surface area contributed by atoms with Crippen LogP contribution in [0.4, 0.5) is 4.79 Å². The number of nitrogens with zero attached hydrogens (tertiary/aromatic N) is 1. The molecule has 2 N–H and O–H groups in total. The summed E-state index contributed by atoms with van der Waals surface area (Å²) in [6.07, 6.45) is 0.770. The molecule has 0 saturated carbocycles. The highest BCUT2D eigenvalue weighted by atomic mass is 32.2. The molecule has 9 nitrogen and oxygen atoms in total. The van der Waals surface area contributed by atoms with Crippen LogP contribution in [0.1, 0.15) is 19.8 Å². The number of nitrogens with one attached hydrogen (secondary N) is 2. The van der Waals surface area contributed by atoms with Gasteiger partial charge in [0, 0.05) is 13.1 Å². The molecule has 118 valence electrons. The van der Waals surface area contributed by atoms with Gasteiger partial charge in [-0.3, -0.25) is 14.9 Å². The van der Waals surface area contributed by atoms with Crippen molar-refractivity contribution in [2.45, 2.75) is 25.3 Å². The molecule has 0 aromatic heterocycles. The predicted molar refractivity (Wildman–Crippen MR) is 70.6 cm³/mol. The minimum atomic E-state index is -3.88. The van der Waals surface area contributed by atoms with Crippen LogP contribution in [0.2, 0.25) is 0 Å². The first-order valence-electron chi connectivity index (χ1n) is 6.56. The Morgan fingerprint density at radius 1 is 1.43 bits per heavy atom. The maximum Gasteiger partial charge on any atom is 0.322 e. The molecule has 2 heterocycles. The number of sulfonamides is 1. The fourth-order valence-corrected chi connectivity index (χ4v) is 3.90. The molecule has 2 fully saturated rings. The molecule has 0 aromatic rings. The Labute approximate surface area is 122 Å². The van der Waals surface area contributed by atoms with Crippen LogP contribution < -0.4 is 10.6 Å². The van der Waals surface area contributed by atoms with Gasteiger partial charge in [-0.15, -0.1) is 0 Å². The van der Waals surface area contributed by atoms with Gasteiger partial charge in [0.15, 0.2) is 5.75 Å². The van der Waals surface area contributed by atoms with Gasteiger partial charge in [0.2, 0.25) is 10.0 Å². The van der Waals surface area contributed by atoms with Crippen LogP contribution >= 0.6 is 0 Å². The van der Waals surface area contributed by atoms with E-state index < -0.39 is 39.2 Å². The molecule has 2 aliphatic heterocycles. The highest BCUT2D eigenvalue weighted by Gasteiger charge is 2.50. The van der Waals surface area contributed by atoms with E-state index in [2.05, 4.69) is 15.4 Å². The highest BCUT2D eigenvalue weighted by Crippen LogP contribution is 2.26. The Bertz CT molecular complexity index is 575. The molecule has 2 aliphatic rings. The second-order valence-corrected chi connectivity index (χ2v) is 6.96. The van der Waals surface area contributed by atoms with Crippen LogP contribution in [0.3, 0.4) is 0 Å². The SMILES string of the molecule is CCOC(=O)CS(=O)(=O)N1CCCC2(C1)NC(=O)NC2=O. The molecule has 1 atom stereocenters. The molecule has 1 spiro atoms. The Morgan fingerprint density at radius 3 is 2.71 bits per heavy atom. The molecule has 0 aromatic carbocycles. The smallest absolute Gasteiger partial charge is 0.322 e. The fourth-order valence-electron chi connectivity index (χ4n) is 2.51. The van der Waals surface area contributed by atoms with Gasteiger partial charge in [0.1, 0.15) is 5.54 Å². The van der Waals surface area contributed by atoms with Crippen molar-refractivity contribution in [3.8, 4) is 0 Å². The summed E-state index contributed by atoms with van der Waals surface area (Å²) in [7, 11) is -3.88. The third-order valence-electron chi connectivity index (χ3n) is 3.47. The first-order valence-corrected chi connectivity index (χ1v) is 8.17. The fraction of sp³-hybridized carbons (Fsp3) is 0.727. The summed E-state index contributed by atoms with van der Waals surface area (Å²) in [6, 6.07) is -0.635. The number of hydrogen-bond donors (Lipinski definition) is 2. The second-order valence-electron chi connectivity index (χ2n) is 4.99. The highest BCUT2D eigenvalue weighted by molar-refractivity contribution is 7.89. The Morgan fingerprint density at radius 2 is 2.14 bits per heavy atom. The van der Waals surface area contributed by atoms with Crippen LogP contribution in [-0.2, 0) is 24.3 Å². The van der Waals surface area contributed by atoms with Crippen LogP contribution in [0.25, 0.3) is 0 Å².